The number of hydrogen-bond acceptors (Lipinski definition) is 3. The fourth-order valence-electron chi connectivity index (χ4n) is 3.24. The number of aromatic nitrogens is 2. The molecule has 188 valence electrons. The zero-order chi connectivity index (χ0) is 26.1. The van der Waals surface area contributed by atoms with Gasteiger partial charge in [0.05, 0.1) is 35.8 Å². The zero-order valence-electron chi connectivity index (χ0n) is 18.2. The molecule has 1 aromatic heterocycles. The number of anilines is 1. The smallest absolute Gasteiger partial charge is 0.367 e. The highest BCUT2D eigenvalue weighted by molar-refractivity contribution is 6.05. The molecule has 0 aliphatic heterocycles. The first-order valence-electron chi connectivity index (χ1n) is 9.89. The Hall–Kier alpha value is -3.48. The Balaban J connectivity index is 1.80. The van der Waals surface area contributed by atoms with Crippen LogP contribution in [0.2, 0.25) is 0 Å². The van der Waals surface area contributed by atoms with Gasteiger partial charge in [0, 0.05) is 5.56 Å². The number of halogens is 8. The Kier molecular flexibility index (Phi) is 7.48. The van der Waals surface area contributed by atoms with E-state index in [1.165, 1.54) is 38.1 Å². The van der Waals surface area contributed by atoms with Crippen molar-refractivity contribution < 1.29 is 44.7 Å². The van der Waals surface area contributed by atoms with E-state index in [0.717, 1.165) is 4.68 Å². The van der Waals surface area contributed by atoms with E-state index in [-0.39, 0.29) is 22.6 Å². The van der Waals surface area contributed by atoms with E-state index in [1.54, 1.807) is 0 Å². The van der Waals surface area contributed by atoms with Crippen molar-refractivity contribution in [2.24, 2.45) is 0 Å². The third-order valence-electron chi connectivity index (χ3n) is 4.95. The lowest BCUT2D eigenvalue weighted by Gasteiger charge is -2.11. The molecule has 0 saturated carbocycles. The van der Waals surface area contributed by atoms with Crippen LogP contribution in [0.1, 0.15) is 32.9 Å². The monoisotopic (exact) mass is 507 g/mol. The quantitative estimate of drug-likeness (QED) is 0.258. The van der Waals surface area contributed by atoms with E-state index >= 15 is 0 Å². The second kappa shape index (κ2) is 10.0. The number of carbonyl (C=O) groups excluding carboxylic acids is 1. The zero-order valence-corrected chi connectivity index (χ0v) is 18.2. The number of nitrogens with one attached hydrogen (secondary N) is 1. The summed E-state index contributed by atoms with van der Waals surface area (Å²) in [5.74, 6) is -11.1. The largest absolute Gasteiger partial charge is 0.411 e. The normalized spacial score (nSPS) is 11.7. The lowest BCUT2D eigenvalue weighted by molar-refractivity contribution is -0.176. The van der Waals surface area contributed by atoms with Crippen LogP contribution in [0.15, 0.2) is 24.3 Å². The Labute approximate surface area is 193 Å². The summed E-state index contributed by atoms with van der Waals surface area (Å²) in [4.78, 5) is 12.7. The fourth-order valence-corrected chi connectivity index (χ4v) is 3.24. The number of rotatable bonds is 7. The van der Waals surface area contributed by atoms with Crippen molar-refractivity contribution in [3.8, 4) is 0 Å². The van der Waals surface area contributed by atoms with Crippen LogP contribution >= 0.6 is 0 Å². The van der Waals surface area contributed by atoms with Gasteiger partial charge in [-0.2, -0.15) is 18.3 Å². The minimum atomic E-state index is -4.50. The van der Waals surface area contributed by atoms with Crippen molar-refractivity contribution in [3.05, 3.63) is 81.4 Å². The SMILES string of the molecule is Cc1nn(Cc2c(F)c(F)c(F)c(F)c2F)c(C)c1NC(=O)c1cccc(COCC(F)(F)F)c1. The van der Waals surface area contributed by atoms with Crippen molar-refractivity contribution in [2.45, 2.75) is 33.2 Å². The molecule has 0 aliphatic rings. The maximum atomic E-state index is 14.0. The molecule has 0 radical (unpaired) electrons. The van der Waals surface area contributed by atoms with Crippen LogP contribution < -0.4 is 5.32 Å². The first-order valence-corrected chi connectivity index (χ1v) is 9.89. The lowest BCUT2D eigenvalue weighted by Crippen LogP contribution is -2.17. The molecule has 1 amide bonds. The molecule has 1 N–H and O–H groups in total. The molecule has 0 fully saturated rings. The summed E-state index contributed by atoms with van der Waals surface area (Å²) in [5.41, 5.74) is -0.260. The first kappa shape index (κ1) is 26.1. The number of ether oxygens (including phenoxy) is 1. The highest BCUT2D eigenvalue weighted by Crippen LogP contribution is 2.26. The number of aryl methyl sites for hydroxylation is 1. The van der Waals surface area contributed by atoms with Gasteiger partial charge in [-0.05, 0) is 31.5 Å². The highest BCUT2D eigenvalue weighted by atomic mass is 19.4. The van der Waals surface area contributed by atoms with Gasteiger partial charge < -0.3 is 10.1 Å². The van der Waals surface area contributed by atoms with E-state index < -0.39 is 66.5 Å². The van der Waals surface area contributed by atoms with Crippen LogP contribution in [-0.4, -0.2) is 28.5 Å². The summed E-state index contributed by atoms with van der Waals surface area (Å²) in [6, 6.07) is 5.61. The second-order valence-electron chi connectivity index (χ2n) is 7.51. The summed E-state index contributed by atoms with van der Waals surface area (Å²) in [7, 11) is 0. The lowest BCUT2D eigenvalue weighted by atomic mass is 10.1. The van der Waals surface area contributed by atoms with Gasteiger partial charge in [0.25, 0.3) is 5.91 Å². The number of carbonyl (C=O) groups is 1. The van der Waals surface area contributed by atoms with E-state index in [1.807, 2.05) is 0 Å². The molecular weight excluding hydrogens is 490 g/mol. The van der Waals surface area contributed by atoms with Gasteiger partial charge in [-0.25, -0.2) is 22.0 Å². The minimum Gasteiger partial charge on any atom is -0.367 e. The topological polar surface area (TPSA) is 56.2 Å². The van der Waals surface area contributed by atoms with Crippen LogP contribution in [0.3, 0.4) is 0 Å². The molecule has 0 unspecified atom stereocenters. The Morgan fingerprint density at radius 2 is 1.60 bits per heavy atom. The van der Waals surface area contributed by atoms with Gasteiger partial charge in [0.2, 0.25) is 5.82 Å². The highest BCUT2D eigenvalue weighted by Gasteiger charge is 2.28. The van der Waals surface area contributed by atoms with Gasteiger partial charge >= 0.3 is 6.18 Å². The molecule has 35 heavy (non-hydrogen) atoms. The third kappa shape index (κ3) is 5.78. The van der Waals surface area contributed by atoms with Gasteiger partial charge in [-0.3, -0.25) is 9.48 Å². The van der Waals surface area contributed by atoms with Gasteiger partial charge in [0.15, 0.2) is 23.3 Å². The van der Waals surface area contributed by atoms with E-state index in [0.29, 0.717) is 5.56 Å². The summed E-state index contributed by atoms with van der Waals surface area (Å²) < 4.78 is 111. The van der Waals surface area contributed by atoms with E-state index in [9.17, 15) is 39.9 Å². The van der Waals surface area contributed by atoms with Gasteiger partial charge in [-0.15, -0.1) is 0 Å². The molecule has 3 rings (SSSR count). The molecule has 1 heterocycles. The minimum absolute atomic E-state index is 0.0735. The molecular formula is C22H17F8N3O2. The molecule has 3 aromatic rings. The van der Waals surface area contributed by atoms with Crippen LogP contribution in [0.4, 0.5) is 40.8 Å². The predicted octanol–water partition coefficient (Wildman–Crippen LogP) is 5.57. The van der Waals surface area contributed by atoms with E-state index in [4.69, 9.17) is 0 Å². The van der Waals surface area contributed by atoms with Gasteiger partial charge in [0.1, 0.15) is 6.61 Å². The molecule has 0 atom stereocenters. The van der Waals surface area contributed by atoms with Crippen LogP contribution in [-0.2, 0) is 17.9 Å². The third-order valence-corrected chi connectivity index (χ3v) is 4.95. The molecule has 0 spiro atoms. The predicted molar refractivity (Wildman–Crippen MR) is 107 cm³/mol. The van der Waals surface area contributed by atoms with Crippen molar-refractivity contribution in [1.82, 2.24) is 9.78 Å². The van der Waals surface area contributed by atoms with Crippen molar-refractivity contribution in [3.63, 3.8) is 0 Å². The Morgan fingerprint density at radius 1 is 1.00 bits per heavy atom. The average Bonchev–Trinajstić information content (AvgIpc) is 3.06. The summed E-state index contributed by atoms with van der Waals surface area (Å²) in [6.07, 6.45) is -4.50. The Morgan fingerprint density at radius 3 is 2.20 bits per heavy atom. The summed E-state index contributed by atoms with van der Waals surface area (Å²) in [6.45, 7) is 0.199. The molecule has 13 heteroatoms. The maximum Gasteiger partial charge on any atom is 0.411 e. The van der Waals surface area contributed by atoms with Crippen LogP contribution in [0, 0.1) is 42.9 Å². The first-order chi connectivity index (χ1) is 16.3. The molecule has 2 aromatic carbocycles. The van der Waals surface area contributed by atoms with Crippen LogP contribution in [0.5, 0.6) is 0 Å². The standard InChI is InChI=1S/C22H17F8N3O2/c1-10-20(31-21(34)13-5-3-4-12(6-13)8-35-9-22(28,29)30)11(2)33(32-10)7-14-15(23)17(25)19(27)18(26)16(14)24/h3-6H,7-9H2,1-2H3,(H,31,34). The van der Waals surface area contributed by atoms with Crippen molar-refractivity contribution >= 4 is 11.6 Å². The number of benzene rings is 2. The van der Waals surface area contributed by atoms with Crippen molar-refractivity contribution in [2.75, 3.05) is 11.9 Å². The fraction of sp³-hybridized carbons (Fsp3) is 0.273. The summed E-state index contributed by atoms with van der Waals surface area (Å²) >= 11 is 0. The average molecular weight is 507 g/mol. The number of hydrogen-bond donors (Lipinski definition) is 1. The number of amides is 1. The van der Waals surface area contributed by atoms with E-state index in [2.05, 4.69) is 15.2 Å². The Bertz CT molecular complexity index is 1240. The molecule has 0 bridgehead atoms. The molecule has 0 aliphatic carbocycles. The van der Waals surface area contributed by atoms with Crippen LogP contribution in [0.25, 0.3) is 0 Å². The number of nitrogens with zero attached hydrogens (tertiary/aromatic N) is 2. The second-order valence-corrected chi connectivity index (χ2v) is 7.51. The number of alkyl halides is 3. The van der Waals surface area contributed by atoms with Crippen molar-refractivity contribution in [1.29, 1.82) is 0 Å². The molecule has 0 saturated heterocycles. The maximum absolute atomic E-state index is 14.0. The molecule has 5 nitrogen and oxygen atoms in total. The van der Waals surface area contributed by atoms with Gasteiger partial charge in [-0.1, -0.05) is 12.1 Å². The summed E-state index contributed by atoms with van der Waals surface area (Å²) in [5, 5.41) is 6.53.